The standard InChI is InChI=1S/C15H27N5O2S/c1-2-9-23(21,22)19-7-4-14(5-8-19)16-10-13-11-17-15-3-6-18-20(15)12-13/h3,6,13-14,16-17H,2,4-5,7-12H2,1H3/t13-/m0/s1. The minimum Gasteiger partial charge on any atom is -0.370 e. The fourth-order valence-corrected chi connectivity index (χ4v) is 4.92. The summed E-state index contributed by atoms with van der Waals surface area (Å²) in [7, 11) is -3.04. The van der Waals surface area contributed by atoms with Gasteiger partial charge in [-0.2, -0.15) is 5.10 Å². The molecule has 1 aromatic heterocycles. The number of rotatable bonds is 6. The van der Waals surface area contributed by atoms with Gasteiger partial charge in [0.15, 0.2) is 0 Å². The van der Waals surface area contributed by atoms with Gasteiger partial charge >= 0.3 is 0 Å². The molecule has 3 heterocycles. The molecule has 23 heavy (non-hydrogen) atoms. The lowest BCUT2D eigenvalue weighted by Crippen LogP contribution is -2.47. The van der Waals surface area contributed by atoms with E-state index in [0.29, 0.717) is 31.5 Å². The summed E-state index contributed by atoms with van der Waals surface area (Å²) in [5.74, 6) is 1.88. The number of hydrogen-bond acceptors (Lipinski definition) is 5. The van der Waals surface area contributed by atoms with Crippen LogP contribution in [0.25, 0.3) is 0 Å². The van der Waals surface area contributed by atoms with Gasteiger partial charge in [0.2, 0.25) is 10.0 Å². The van der Waals surface area contributed by atoms with E-state index in [-0.39, 0.29) is 5.75 Å². The monoisotopic (exact) mass is 341 g/mol. The van der Waals surface area contributed by atoms with Crippen molar-refractivity contribution in [3.8, 4) is 0 Å². The van der Waals surface area contributed by atoms with Crippen LogP contribution < -0.4 is 10.6 Å². The van der Waals surface area contributed by atoms with E-state index in [0.717, 1.165) is 38.3 Å². The fourth-order valence-electron chi connectivity index (χ4n) is 3.38. The molecular formula is C15H27N5O2S. The Morgan fingerprint density at radius 3 is 2.91 bits per heavy atom. The van der Waals surface area contributed by atoms with Crippen molar-refractivity contribution in [1.29, 1.82) is 0 Å². The average Bonchev–Trinajstić information content (AvgIpc) is 3.01. The van der Waals surface area contributed by atoms with Crippen molar-refractivity contribution in [1.82, 2.24) is 19.4 Å². The predicted molar refractivity (Wildman–Crippen MR) is 90.9 cm³/mol. The number of anilines is 1. The van der Waals surface area contributed by atoms with Crippen LogP contribution in [0, 0.1) is 5.92 Å². The Bertz CT molecular complexity index is 607. The van der Waals surface area contributed by atoms with Crippen LogP contribution in [0.15, 0.2) is 12.3 Å². The maximum atomic E-state index is 12.1. The molecule has 0 saturated carbocycles. The second-order valence-corrected chi connectivity index (χ2v) is 8.63. The molecule has 2 aliphatic heterocycles. The van der Waals surface area contributed by atoms with E-state index in [9.17, 15) is 8.42 Å². The van der Waals surface area contributed by atoms with Gasteiger partial charge in [0.25, 0.3) is 0 Å². The third-order valence-corrected chi connectivity index (χ3v) is 6.80. The van der Waals surface area contributed by atoms with Crippen LogP contribution in [0.2, 0.25) is 0 Å². The second-order valence-electron chi connectivity index (χ2n) is 6.54. The van der Waals surface area contributed by atoms with Crippen LogP contribution in [-0.2, 0) is 16.6 Å². The van der Waals surface area contributed by atoms with Gasteiger partial charge in [0.05, 0.1) is 11.9 Å². The number of nitrogens with zero attached hydrogens (tertiary/aromatic N) is 3. The summed E-state index contributed by atoms with van der Waals surface area (Å²) in [6.45, 7) is 6.04. The maximum Gasteiger partial charge on any atom is 0.214 e. The number of nitrogens with one attached hydrogen (secondary N) is 2. The molecule has 3 rings (SSSR count). The van der Waals surface area contributed by atoms with Crippen LogP contribution >= 0.6 is 0 Å². The molecule has 1 atom stereocenters. The SMILES string of the molecule is CCCS(=O)(=O)N1CCC(NC[C@H]2CNc3ccnn3C2)CC1. The van der Waals surface area contributed by atoms with Crippen molar-refractivity contribution in [3.05, 3.63) is 12.3 Å². The van der Waals surface area contributed by atoms with Crippen molar-refractivity contribution in [3.63, 3.8) is 0 Å². The van der Waals surface area contributed by atoms with E-state index in [4.69, 9.17) is 0 Å². The molecule has 0 aliphatic carbocycles. The molecule has 0 unspecified atom stereocenters. The zero-order valence-electron chi connectivity index (χ0n) is 13.7. The molecule has 8 heteroatoms. The minimum absolute atomic E-state index is 0.269. The van der Waals surface area contributed by atoms with E-state index >= 15 is 0 Å². The molecule has 0 aromatic carbocycles. The van der Waals surface area contributed by atoms with Gasteiger partial charge < -0.3 is 10.6 Å². The Labute approximate surface area is 138 Å². The third-order valence-electron chi connectivity index (χ3n) is 4.72. The topological polar surface area (TPSA) is 79.3 Å². The highest BCUT2D eigenvalue weighted by Gasteiger charge is 2.27. The van der Waals surface area contributed by atoms with E-state index in [2.05, 4.69) is 15.7 Å². The van der Waals surface area contributed by atoms with Crippen molar-refractivity contribution < 1.29 is 8.42 Å². The van der Waals surface area contributed by atoms with E-state index in [1.165, 1.54) is 0 Å². The van der Waals surface area contributed by atoms with Gasteiger partial charge in [-0.05, 0) is 19.3 Å². The van der Waals surface area contributed by atoms with E-state index in [1.807, 2.05) is 23.9 Å². The molecule has 2 aliphatic rings. The molecule has 1 fully saturated rings. The van der Waals surface area contributed by atoms with Gasteiger partial charge in [-0.25, -0.2) is 17.4 Å². The number of hydrogen-bond donors (Lipinski definition) is 2. The Morgan fingerprint density at radius 2 is 2.17 bits per heavy atom. The van der Waals surface area contributed by atoms with Crippen molar-refractivity contribution in [2.75, 3.05) is 37.2 Å². The molecule has 0 bridgehead atoms. The highest BCUT2D eigenvalue weighted by atomic mass is 32.2. The average molecular weight is 341 g/mol. The largest absolute Gasteiger partial charge is 0.370 e. The Balaban J connectivity index is 1.42. The number of aromatic nitrogens is 2. The van der Waals surface area contributed by atoms with E-state index in [1.54, 1.807) is 4.31 Å². The van der Waals surface area contributed by atoms with Crippen LogP contribution in [0.5, 0.6) is 0 Å². The van der Waals surface area contributed by atoms with Gasteiger partial charge in [-0.1, -0.05) is 6.92 Å². The summed E-state index contributed by atoms with van der Waals surface area (Å²) < 4.78 is 27.8. The summed E-state index contributed by atoms with van der Waals surface area (Å²) in [5, 5.41) is 11.3. The van der Waals surface area contributed by atoms with Gasteiger partial charge in [0.1, 0.15) is 5.82 Å². The zero-order valence-corrected chi connectivity index (χ0v) is 14.6. The lowest BCUT2D eigenvalue weighted by Gasteiger charge is -2.33. The molecule has 1 saturated heterocycles. The first-order valence-electron chi connectivity index (χ1n) is 8.55. The fraction of sp³-hybridized carbons (Fsp3) is 0.800. The molecule has 0 radical (unpaired) electrons. The highest BCUT2D eigenvalue weighted by Crippen LogP contribution is 2.18. The van der Waals surface area contributed by atoms with Gasteiger partial charge in [-0.15, -0.1) is 0 Å². The van der Waals surface area contributed by atoms with Gasteiger partial charge in [0, 0.05) is 50.7 Å². The number of sulfonamides is 1. The number of fused-ring (bicyclic) bond motifs is 1. The second kappa shape index (κ2) is 7.19. The molecule has 0 amide bonds. The molecule has 0 spiro atoms. The van der Waals surface area contributed by atoms with Crippen molar-refractivity contribution in [2.24, 2.45) is 5.92 Å². The third kappa shape index (κ3) is 4.05. The summed E-state index contributed by atoms with van der Waals surface area (Å²) >= 11 is 0. The normalized spacial score (nSPS) is 23.4. The lowest BCUT2D eigenvalue weighted by molar-refractivity contribution is 0.273. The first-order chi connectivity index (χ1) is 11.1. The summed E-state index contributed by atoms with van der Waals surface area (Å²) in [6, 6.07) is 2.41. The van der Waals surface area contributed by atoms with E-state index < -0.39 is 10.0 Å². The zero-order chi connectivity index (χ0) is 16.3. The Kier molecular flexibility index (Phi) is 5.23. The number of piperidine rings is 1. The first kappa shape index (κ1) is 16.7. The van der Waals surface area contributed by atoms with Crippen LogP contribution in [0.3, 0.4) is 0 Å². The molecule has 2 N–H and O–H groups in total. The molecular weight excluding hydrogens is 314 g/mol. The highest BCUT2D eigenvalue weighted by molar-refractivity contribution is 7.89. The first-order valence-corrected chi connectivity index (χ1v) is 10.2. The van der Waals surface area contributed by atoms with Crippen LogP contribution in [0.1, 0.15) is 26.2 Å². The predicted octanol–water partition coefficient (Wildman–Crippen LogP) is 0.719. The van der Waals surface area contributed by atoms with Crippen molar-refractivity contribution >= 4 is 15.8 Å². The van der Waals surface area contributed by atoms with Crippen LogP contribution in [0.4, 0.5) is 5.82 Å². The minimum atomic E-state index is -3.04. The molecule has 1 aromatic rings. The molecule has 130 valence electrons. The summed E-state index contributed by atoms with van der Waals surface area (Å²) in [5.41, 5.74) is 0. The van der Waals surface area contributed by atoms with Crippen molar-refractivity contribution in [2.45, 2.75) is 38.8 Å². The van der Waals surface area contributed by atoms with Crippen LogP contribution in [-0.4, -0.2) is 60.5 Å². The summed E-state index contributed by atoms with van der Waals surface area (Å²) in [4.78, 5) is 0. The summed E-state index contributed by atoms with van der Waals surface area (Å²) in [6.07, 6.45) is 4.31. The quantitative estimate of drug-likeness (QED) is 0.797. The maximum absolute atomic E-state index is 12.1. The Hall–Kier alpha value is -1.12. The lowest BCUT2D eigenvalue weighted by atomic mass is 10.0. The molecule has 7 nitrogen and oxygen atoms in total. The smallest absolute Gasteiger partial charge is 0.214 e. The van der Waals surface area contributed by atoms with Gasteiger partial charge in [-0.3, -0.25) is 0 Å². The Morgan fingerprint density at radius 1 is 1.39 bits per heavy atom.